The van der Waals surface area contributed by atoms with Gasteiger partial charge in [0.15, 0.2) is 0 Å². The summed E-state index contributed by atoms with van der Waals surface area (Å²) < 4.78 is 12.1. The molecule has 0 aliphatic carbocycles. The van der Waals surface area contributed by atoms with Crippen molar-refractivity contribution in [2.24, 2.45) is 0 Å². The van der Waals surface area contributed by atoms with Crippen LogP contribution in [0.5, 0.6) is 5.75 Å². The van der Waals surface area contributed by atoms with E-state index in [0.29, 0.717) is 28.1 Å². The van der Waals surface area contributed by atoms with E-state index in [2.05, 4.69) is 23.8 Å². The largest absolute Gasteiger partial charge is 0.496 e. The summed E-state index contributed by atoms with van der Waals surface area (Å²) in [5, 5.41) is 4.75. The molecule has 0 bridgehead atoms. The van der Waals surface area contributed by atoms with Crippen LogP contribution in [0.4, 0.5) is 5.69 Å². The number of halogens is 2. The van der Waals surface area contributed by atoms with Gasteiger partial charge in [-0.05, 0) is 25.8 Å². The van der Waals surface area contributed by atoms with Crippen LogP contribution in [-0.4, -0.2) is 40.9 Å². The Morgan fingerprint density at radius 1 is 1.50 bits per heavy atom. The lowest BCUT2D eigenvalue weighted by atomic mass is 10.2. The Kier molecular flexibility index (Phi) is 6.76. The molecule has 1 fully saturated rings. The lowest BCUT2D eigenvalue weighted by Gasteiger charge is -2.22. The number of nitrogens with two attached hydrogens (primary N) is 1. The molecule has 3 rings (SSSR count). The fraction of sp³-hybridized carbons (Fsp3) is 0.529. The van der Waals surface area contributed by atoms with Crippen LogP contribution in [0.2, 0.25) is 5.02 Å². The van der Waals surface area contributed by atoms with E-state index in [1.165, 1.54) is 11.8 Å². The first-order valence-corrected chi connectivity index (χ1v) is 8.79. The summed E-state index contributed by atoms with van der Waals surface area (Å²) in [5.41, 5.74) is 6.70. The van der Waals surface area contributed by atoms with Crippen molar-refractivity contribution in [1.29, 1.82) is 0 Å². The van der Waals surface area contributed by atoms with Crippen molar-refractivity contribution in [3.05, 3.63) is 27.7 Å². The number of nitrogens with zero attached hydrogens (tertiary/aromatic N) is 3. The molecule has 0 saturated carbocycles. The van der Waals surface area contributed by atoms with Crippen molar-refractivity contribution in [3.8, 4) is 17.2 Å². The first-order valence-electron chi connectivity index (χ1n) is 8.41. The molecule has 0 radical (unpaired) electrons. The normalized spacial score (nSPS) is 18.5. The van der Waals surface area contributed by atoms with E-state index in [1.54, 1.807) is 12.1 Å². The molecule has 9 heteroatoms. The highest BCUT2D eigenvalue weighted by Crippen LogP contribution is 2.35. The lowest BCUT2D eigenvalue weighted by Crippen LogP contribution is -2.32. The van der Waals surface area contributed by atoms with E-state index in [0.717, 1.165) is 25.9 Å². The molecular formula is C17H24BrClN4O3. The van der Waals surface area contributed by atoms with Gasteiger partial charge in [-0.2, -0.15) is 4.68 Å². The molecule has 1 aromatic heterocycles. The van der Waals surface area contributed by atoms with Gasteiger partial charge in [-0.15, -0.1) is 22.1 Å². The minimum absolute atomic E-state index is 0. The van der Waals surface area contributed by atoms with E-state index in [9.17, 15) is 4.79 Å². The highest BCUT2D eigenvalue weighted by Gasteiger charge is 2.30. The maximum absolute atomic E-state index is 12.3. The number of hydrogen-bond donors (Lipinski definition) is 1. The predicted octanol–water partition coefficient (Wildman–Crippen LogP) is 3.37. The molecule has 2 aromatic rings. The van der Waals surface area contributed by atoms with Crippen molar-refractivity contribution in [2.75, 3.05) is 25.9 Å². The molecule has 0 amide bonds. The number of aromatic nitrogens is 2. The van der Waals surface area contributed by atoms with E-state index < -0.39 is 5.76 Å². The second kappa shape index (κ2) is 8.45. The van der Waals surface area contributed by atoms with Crippen LogP contribution in [0.25, 0.3) is 11.5 Å². The maximum atomic E-state index is 12.3. The molecule has 1 aliphatic rings. The zero-order chi connectivity index (χ0) is 18.1. The molecule has 2 N–H and O–H groups in total. The summed E-state index contributed by atoms with van der Waals surface area (Å²) in [6, 6.07) is 3.69. The van der Waals surface area contributed by atoms with Gasteiger partial charge in [0.25, 0.3) is 5.89 Å². The minimum Gasteiger partial charge on any atom is -0.496 e. The summed E-state index contributed by atoms with van der Waals surface area (Å²) >= 11 is 6.09. The number of hydrogen-bond acceptors (Lipinski definition) is 6. The number of methoxy groups -OCH3 is 1. The summed E-state index contributed by atoms with van der Waals surface area (Å²) in [6.45, 7) is 6.10. The van der Waals surface area contributed by atoms with Gasteiger partial charge in [0.05, 0.1) is 29.4 Å². The fourth-order valence-electron chi connectivity index (χ4n) is 3.16. The highest BCUT2D eigenvalue weighted by atomic mass is 79.9. The van der Waals surface area contributed by atoms with Crippen molar-refractivity contribution in [3.63, 3.8) is 0 Å². The molecule has 2 unspecified atom stereocenters. The summed E-state index contributed by atoms with van der Waals surface area (Å²) in [5.74, 6) is 0.176. The monoisotopic (exact) mass is 446 g/mol. The number of nitrogen functional groups attached to an aromatic ring is 1. The SMILES string of the molecule is Br.CCC(C)N1CCC(n2nc(-c3cc(Cl)c(N)cc3OC)oc2=O)C1. The number of anilines is 1. The zero-order valence-corrected chi connectivity index (χ0v) is 17.5. The van der Waals surface area contributed by atoms with E-state index in [-0.39, 0.29) is 28.9 Å². The van der Waals surface area contributed by atoms with Crippen LogP contribution < -0.4 is 16.2 Å². The number of benzene rings is 1. The van der Waals surface area contributed by atoms with Crippen LogP contribution in [0.15, 0.2) is 21.3 Å². The summed E-state index contributed by atoms with van der Waals surface area (Å²) in [6.07, 6.45) is 1.95. The van der Waals surface area contributed by atoms with Gasteiger partial charge in [-0.3, -0.25) is 4.90 Å². The summed E-state index contributed by atoms with van der Waals surface area (Å²) in [4.78, 5) is 14.7. The molecule has 1 aliphatic heterocycles. The smallest absolute Gasteiger partial charge is 0.437 e. The van der Waals surface area contributed by atoms with Gasteiger partial charge in [0.2, 0.25) is 0 Å². The summed E-state index contributed by atoms with van der Waals surface area (Å²) in [7, 11) is 1.52. The number of likely N-dealkylation sites (tertiary alicyclic amines) is 1. The van der Waals surface area contributed by atoms with Gasteiger partial charge in [0.1, 0.15) is 5.75 Å². The molecule has 2 heterocycles. The van der Waals surface area contributed by atoms with Gasteiger partial charge in [0, 0.05) is 25.2 Å². The van der Waals surface area contributed by atoms with Gasteiger partial charge >= 0.3 is 5.76 Å². The quantitative estimate of drug-likeness (QED) is 0.707. The van der Waals surface area contributed by atoms with Crippen molar-refractivity contribution in [2.45, 2.75) is 38.8 Å². The average molecular weight is 448 g/mol. The highest BCUT2D eigenvalue weighted by molar-refractivity contribution is 8.93. The molecule has 144 valence electrons. The van der Waals surface area contributed by atoms with E-state index in [4.69, 9.17) is 26.5 Å². The zero-order valence-electron chi connectivity index (χ0n) is 15.1. The Labute approximate surface area is 167 Å². The topological polar surface area (TPSA) is 86.5 Å². The van der Waals surface area contributed by atoms with Gasteiger partial charge < -0.3 is 14.9 Å². The van der Waals surface area contributed by atoms with Crippen LogP contribution in [0, 0.1) is 0 Å². The Bertz CT molecular complexity index is 823. The number of ether oxygens (including phenoxy) is 1. The van der Waals surface area contributed by atoms with Gasteiger partial charge in [-0.25, -0.2) is 4.79 Å². The fourth-order valence-corrected chi connectivity index (χ4v) is 3.32. The van der Waals surface area contributed by atoms with Crippen LogP contribution >= 0.6 is 28.6 Å². The molecular weight excluding hydrogens is 424 g/mol. The van der Waals surface area contributed by atoms with E-state index in [1.807, 2.05) is 0 Å². The Morgan fingerprint density at radius 2 is 2.23 bits per heavy atom. The Morgan fingerprint density at radius 3 is 2.88 bits per heavy atom. The minimum atomic E-state index is -0.471. The van der Waals surface area contributed by atoms with Crippen molar-refractivity contribution >= 4 is 34.3 Å². The Hall–Kier alpha value is -1.51. The molecule has 1 saturated heterocycles. The lowest BCUT2D eigenvalue weighted by molar-refractivity contribution is 0.240. The Balaban J connectivity index is 0.00000243. The maximum Gasteiger partial charge on any atom is 0.437 e. The first-order chi connectivity index (χ1) is 11.9. The third kappa shape index (κ3) is 3.92. The van der Waals surface area contributed by atoms with E-state index >= 15 is 0 Å². The van der Waals surface area contributed by atoms with Crippen LogP contribution in [-0.2, 0) is 0 Å². The van der Waals surface area contributed by atoms with Gasteiger partial charge in [-0.1, -0.05) is 18.5 Å². The standard InChI is InChI=1S/C17H23ClN4O3.BrH/c1-4-10(2)21-6-5-11(9-21)22-17(23)25-16(20-22)12-7-13(18)14(19)8-15(12)24-3;/h7-8,10-11H,4-6,9,19H2,1-3H3;1H. The first kappa shape index (κ1) is 20.8. The van der Waals surface area contributed by atoms with Crippen molar-refractivity contribution < 1.29 is 9.15 Å². The van der Waals surface area contributed by atoms with Crippen LogP contribution in [0.3, 0.4) is 0 Å². The number of rotatable bonds is 5. The third-order valence-electron chi connectivity index (χ3n) is 4.87. The predicted molar refractivity (Wildman–Crippen MR) is 107 cm³/mol. The second-order valence-electron chi connectivity index (χ2n) is 6.39. The second-order valence-corrected chi connectivity index (χ2v) is 6.79. The van der Waals surface area contributed by atoms with Crippen molar-refractivity contribution in [1.82, 2.24) is 14.7 Å². The third-order valence-corrected chi connectivity index (χ3v) is 5.20. The molecule has 1 aromatic carbocycles. The van der Waals surface area contributed by atoms with Crippen LogP contribution in [0.1, 0.15) is 32.7 Å². The molecule has 7 nitrogen and oxygen atoms in total. The molecule has 26 heavy (non-hydrogen) atoms. The average Bonchev–Trinajstić information content (AvgIpc) is 3.22. The molecule has 2 atom stereocenters. The molecule has 0 spiro atoms.